The maximum absolute atomic E-state index is 10.6. The third kappa shape index (κ3) is 2.44. The van der Waals surface area contributed by atoms with Gasteiger partial charge < -0.3 is 20.5 Å². The summed E-state index contributed by atoms with van der Waals surface area (Å²) >= 11 is 0. The Hall–Kier alpha value is -2.32. The molecule has 2 heterocycles. The molecule has 2 aromatic rings. The summed E-state index contributed by atoms with van der Waals surface area (Å²) < 4.78 is 1.44. The number of fused-ring (bicyclic) bond motifs is 1. The molecule has 4 N–H and O–H groups in total. The van der Waals surface area contributed by atoms with Gasteiger partial charge in [-0.2, -0.15) is 0 Å². The zero-order valence-electron chi connectivity index (χ0n) is 9.97. The van der Waals surface area contributed by atoms with Crippen LogP contribution in [0.1, 0.15) is 12.5 Å². The van der Waals surface area contributed by atoms with Crippen LogP contribution in [0.5, 0.6) is 0 Å². The summed E-state index contributed by atoms with van der Waals surface area (Å²) in [5, 5.41) is 18.9. The van der Waals surface area contributed by atoms with Crippen LogP contribution in [-0.4, -0.2) is 42.3 Å². The Bertz CT molecular complexity index is 622. The fourth-order valence-corrected chi connectivity index (χ4v) is 1.78. The molecule has 0 aliphatic rings. The number of nitrogen functional groups attached to an aromatic ring is 1. The maximum atomic E-state index is 10.6. The molecule has 0 aliphatic heterocycles. The van der Waals surface area contributed by atoms with Crippen molar-refractivity contribution in [1.29, 1.82) is 0 Å². The van der Waals surface area contributed by atoms with E-state index >= 15 is 0 Å². The summed E-state index contributed by atoms with van der Waals surface area (Å²) in [5.41, 5.74) is 6.62. The fourth-order valence-electron chi connectivity index (χ4n) is 1.78. The molecule has 8 heteroatoms. The van der Waals surface area contributed by atoms with Crippen LogP contribution >= 0.6 is 0 Å². The minimum atomic E-state index is -1.69. The van der Waals surface area contributed by atoms with Crippen molar-refractivity contribution >= 4 is 23.3 Å². The molecule has 19 heavy (non-hydrogen) atoms. The van der Waals surface area contributed by atoms with Crippen molar-refractivity contribution in [3.63, 3.8) is 0 Å². The zero-order chi connectivity index (χ0) is 14.0. The van der Waals surface area contributed by atoms with Gasteiger partial charge in [-0.25, -0.2) is 15.0 Å². The molecule has 0 spiro atoms. The Labute approximate surface area is 108 Å². The molecule has 0 amide bonds. The molecule has 0 aromatic carbocycles. The molecule has 0 saturated heterocycles. The summed E-state index contributed by atoms with van der Waals surface area (Å²) in [5.74, 6) is 0.198. The number of hydrogen-bond acceptors (Lipinski definition) is 7. The summed E-state index contributed by atoms with van der Waals surface area (Å²) in [4.78, 5) is 22.4. The fraction of sp³-hybridized carbons (Fsp3) is 0.273. The van der Waals surface area contributed by atoms with Gasteiger partial charge in [-0.3, -0.25) is 4.79 Å². The van der Waals surface area contributed by atoms with Crippen LogP contribution in [0.25, 0.3) is 11.2 Å². The molecule has 2 rings (SSSR count). The lowest BCUT2D eigenvalue weighted by molar-refractivity contribution is -0.105. The molecule has 0 fully saturated rings. The van der Waals surface area contributed by atoms with E-state index in [-0.39, 0.29) is 17.8 Å². The summed E-state index contributed by atoms with van der Waals surface area (Å²) in [7, 11) is 0. The number of nitrogens with two attached hydrogens (primary N) is 1. The van der Waals surface area contributed by atoms with Gasteiger partial charge in [-0.15, -0.1) is 0 Å². The van der Waals surface area contributed by atoms with Crippen molar-refractivity contribution in [3.8, 4) is 0 Å². The molecule has 1 atom stereocenters. The molecule has 100 valence electrons. The smallest absolute Gasteiger partial charge is 0.173 e. The second kappa shape index (κ2) is 5.12. The third-order valence-electron chi connectivity index (χ3n) is 2.73. The van der Waals surface area contributed by atoms with E-state index in [4.69, 9.17) is 5.73 Å². The Kier molecular flexibility index (Phi) is 3.54. The summed E-state index contributed by atoms with van der Waals surface area (Å²) in [6.45, 7) is 3.52. The van der Waals surface area contributed by atoms with Crippen LogP contribution < -0.4 is 5.73 Å². The number of aromatic nitrogens is 4. The van der Waals surface area contributed by atoms with Crippen molar-refractivity contribution in [3.05, 3.63) is 24.8 Å². The average molecular weight is 263 g/mol. The number of aliphatic hydroxyl groups is 2. The summed E-state index contributed by atoms with van der Waals surface area (Å²) in [6, 6.07) is -0.822. The lowest BCUT2D eigenvalue weighted by atomic mass is 10.1. The van der Waals surface area contributed by atoms with E-state index < -0.39 is 12.3 Å². The number of anilines is 1. The van der Waals surface area contributed by atoms with E-state index in [1.54, 1.807) is 0 Å². The van der Waals surface area contributed by atoms with Gasteiger partial charge in [0, 0.05) is 6.42 Å². The molecule has 2 aromatic heterocycles. The van der Waals surface area contributed by atoms with Crippen LogP contribution in [0.3, 0.4) is 0 Å². The maximum Gasteiger partial charge on any atom is 0.173 e. The predicted octanol–water partition coefficient (Wildman–Crippen LogP) is -0.595. The van der Waals surface area contributed by atoms with Crippen molar-refractivity contribution < 1.29 is 15.0 Å². The van der Waals surface area contributed by atoms with E-state index in [1.807, 2.05) is 0 Å². The van der Waals surface area contributed by atoms with Crippen LogP contribution in [0.4, 0.5) is 5.82 Å². The van der Waals surface area contributed by atoms with Gasteiger partial charge in [-0.05, 0) is 5.57 Å². The number of aliphatic hydroxyl groups excluding tert-OH is 1. The van der Waals surface area contributed by atoms with Crippen LogP contribution in [-0.2, 0) is 4.79 Å². The van der Waals surface area contributed by atoms with Crippen LogP contribution in [0, 0.1) is 0 Å². The molecule has 0 bridgehead atoms. The molecule has 0 saturated carbocycles. The Morgan fingerprint density at radius 2 is 2.21 bits per heavy atom. The first-order valence-electron chi connectivity index (χ1n) is 5.46. The quantitative estimate of drug-likeness (QED) is 0.373. The number of rotatable bonds is 5. The summed E-state index contributed by atoms with van der Waals surface area (Å²) in [6.07, 6.45) is 1.57. The van der Waals surface area contributed by atoms with E-state index in [0.29, 0.717) is 17.5 Å². The van der Waals surface area contributed by atoms with E-state index in [9.17, 15) is 15.0 Å². The van der Waals surface area contributed by atoms with Gasteiger partial charge in [0.1, 0.15) is 18.1 Å². The topological polar surface area (TPSA) is 127 Å². The number of carbonyl (C=O) groups excluding carboxylic acids is 1. The highest BCUT2D eigenvalue weighted by molar-refractivity contribution is 5.81. The molecule has 8 nitrogen and oxygen atoms in total. The highest BCUT2D eigenvalue weighted by Crippen LogP contribution is 2.24. The molecule has 0 unspecified atom stereocenters. The van der Waals surface area contributed by atoms with Crippen LogP contribution in [0.2, 0.25) is 0 Å². The lowest BCUT2D eigenvalue weighted by Crippen LogP contribution is -2.24. The SMILES string of the molecule is C=C(C=O)C[C@@H](C(O)O)n1cnc2c(N)ncnc21. The minimum absolute atomic E-state index is 0.0660. The number of carbonyl (C=O) groups is 1. The number of hydrogen-bond donors (Lipinski definition) is 3. The molecular weight excluding hydrogens is 250 g/mol. The molecule has 0 aliphatic carbocycles. The largest absolute Gasteiger partial charge is 0.382 e. The number of nitrogens with zero attached hydrogens (tertiary/aromatic N) is 4. The average Bonchev–Trinajstić information content (AvgIpc) is 2.80. The highest BCUT2D eigenvalue weighted by atomic mass is 16.5. The van der Waals surface area contributed by atoms with Gasteiger partial charge in [-0.1, -0.05) is 6.58 Å². The third-order valence-corrected chi connectivity index (χ3v) is 2.73. The van der Waals surface area contributed by atoms with Crippen molar-refractivity contribution in [2.45, 2.75) is 18.8 Å². The Balaban J connectivity index is 2.48. The first kappa shape index (κ1) is 13.1. The minimum Gasteiger partial charge on any atom is -0.382 e. The second-order valence-electron chi connectivity index (χ2n) is 4.04. The second-order valence-corrected chi connectivity index (χ2v) is 4.04. The number of aldehydes is 1. The van der Waals surface area contributed by atoms with Gasteiger partial charge >= 0.3 is 0 Å². The van der Waals surface area contributed by atoms with E-state index in [1.165, 1.54) is 17.2 Å². The first-order chi connectivity index (χ1) is 9.04. The van der Waals surface area contributed by atoms with Gasteiger partial charge in [0.05, 0.1) is 12.4 Å². The number of allylic oxidation sites excluding steroid dienone is 1. The van der Waals surface area contributed by atoms with Gasteiger partial charge in [0.25, 0.3) is 0 Å². The van der Waals surface area contributed by atoms with E-state index in [0.717, 1.165) is 0 Å². The normalized spacial score (nSPS) is 12.8. The van der Waals surface area contributed by atoms with E-state index in [2.05, 4.69) is 21.5 Å². The highest BCUT2D eigenvalue weighted by Gasteiger charge is 2.23. The van der Waals surface area contributed by atoms with Gasteiger partial charge in [0.2, 0.25) is 0 Å². The van der Waals surface area contributed by atoms with Crippen molar-refractivity contribution in [2.24, 2.45) is 0 Å². The monoisotopic (exact) mass is 263 g/mol. The van der Waals surface area contributed by atoms with Gasteiger partial charge in [0.15, 0.2) is 17.8 Å². The molecule has 0 radical (unpaired) electrons. The first-order valence-corrected chi connectivity index (χ1v) is 5.46. The Morgan fingerprint density at radius 1 is 1.47 bits per heavy atom. The lowest BCUT2D eigenvalue weighted by Gasteiger charge is -2.20. The van der Waals surface area contributed by atoms with Crippen molar-refractivity contribution in [1.82, 2.24) is 19.5 Å². The standard InChI is InChI=1S/C11H13N5O3/c1-6(3-17)2-7(11(18)19)16-5-15-8-9(12)13-4-14-10(8)16/h3-5,7,11,18-19H,1-2H2,(H2,12,13,14)/t7-/m0/s1. The molecular formula is C11H13N5O3. The van der Waals surface area contributed by atoms with Crippen LogP contribution in [0.15, 0.2) is 24.8 Å². The Morgan fingerprint density at radius 3 is 2.84 bits per heavy atom. The van der Waals surface area contributed by atoms with Crippen molar-refractivity contribution in [2.75, 3.05) is 5.73 Å². The predicted molar refractivity (Wildman–Crippen MR) is 66.8 cm³/mol. The number of imidazole rings is 1. The zero-order valence-corrected chi connectivity index (χ0v) is 9.97.